The zero-order valence-electron chi connectivity index (χ0n) is 15.4. The number of fused-ring (bicyclic) bond motifs is 1. The predicted molar refractivity (Wildman–Crippen MR) is 97.7 cm³/mol. The average molecular weight is 359 g/mol. The molecule has 26 heavy (non-hydrogen) atoms. The maximum absolute atomic E-state index is 12.4. The van der Waals surface area contributed by atoms with Gasteiger partial charge in [-0.25, -0.2) is 0 Å². The van der Waals surface area contributed by atoms with Gasteiger partial charge in [0.15, 0.2) is 0 Å². The van der Waals surface area contributed by atoms with Gasteiger partial charge in [-0.15, -0.1) is 0 Å². The lowest BCUT2D eigenvalue weighted by atomic mass is 9.93. The molecule has 142 valence electrons. The second-order valence-electron chi connectivity index (χ2n) is 7.65. The van der Waals surface area contributed by atoms with Gasteiger partial charge in [-0.2, -0.15) is 5.10 Å². The van der Waals surface area contributed by atoms with Crippen molar-refractivity contribution in [2.24, 2.45) is 11.8 Å². The molecule has 3 heterocycles. The highest BCUT2D eigenvalue weighted by molar-refractivity contribution is 5.79. The van der Waals surface area contributed by atoms with E-state index in [4.69, 9.17) is 14.6 Å². The SMILES string of the molecule is O=C(NCC1OCCc2cn(CC3CCOCC3)nc21)C1CC=CCC1. The van der Waals surface area contributed by atoms with Gasteiger partial charge in [0.25, 0.3) is 0 Å². The maximum Gasteiger partial charge on any atom is 0.223 e. The lowest BCUT2D eigenvalue weighted by molar-refractivity contribution is -0.126. The number of nitrogens with one attached hydrogen (secondary N) is 1. The van der Waals surface area contributed by atoms with Gasteiger partial charge >= 0.3 is 0 Å². The van der Waals surface area contributed by atoms with Crippen molar-refractivity contribution >= 4 is 5.91 Å². The first-order valence-electron chi connectivity index (χ1n) is 9.98. The molecule has 1 aliphatic carbocycles. The molecule has 1 aromatic heterocycles. The van der Waals surface area contributed by atoms with Gasteiger partial charge in [-0.05, 0) is 50.0 Å². The minimum absolute atomic E-state index is 0.106. The highest BCUT2D eigenvalue weighted by atomic mass is 16.5. The van der Waals surface area contributed by atoms with E-state index >= 15 is 0 Å². The number of carbonyl (C=O) groups is 1. The van der Waals surface area contributed by atoms with Gasteiger partial charge in [0.1, 0.15) is 6.10 Å². The number of hydrogen-bond acceptors (Lipinski definition) is 4. The fourth-order valence-electron chi connectivity index (χ4n) is 4.14. The Morgan fingerprint density at radius 2 is 2.12 bits per heavy atom. The average Bonchev–Trinajstić information content (AvgIpc) is 3.10. The molecule has 1 N–H and O–H groups in total. The van der Waals surface area contributed by atoms with Crippen LogP contribution in [0.3, 0.4) is 0 Å². The van der Waals surface area contributed by atoms with Crippen molar-refractivity contribution in [2.75, 3.05) is 26.4 Å². The molecule has 0 spiro atoms. The first-order valence-corrected chi connectivity index (χ1v) is 9.98. The Hall–Kier alpha value is -1.66. The highest BCUT2D eigenvalue weighted by Gasteiger charge is 2.27. The monoisotopic (exact) mass is 359 g/mol. The lowest BCUT2D eigenvalue weighted by Gasteiger charge is -2.24. The minimum atomic E-state index is -0.127. The van der Waals surface area contributed by atoms with Crippen LogP contribution < -0.4 is 5.32 Å². The summed E-state index contributed by atoms with van der Waals surface area (Å²) in [5, 5.41) is 7.90. The van der Waals surface area contributed by atoms with E-state index < -0.39 is 0 Å². The van der Waals surface area contributed by atoms with E-state index in [2.05, 4.69) is 28.3 Å². The molecule has 0 radical (unpaired) electrons. The molecule has 2 atom stereocenters. The summed E-state index contributed by atoms with van der Waals surface area (Å²) in [6, 6.07) is 0. The van der Waals surface area contributed by atoms with E-state index in [1.165, 1.54) is 5.56 Å². The smallest absolute Gasteiger partial charge is 0.223 e. The van der Waals surface area contributed by atoms with Gasteiger partial charge in [0, 0.05) is 38.4 Å². The Morgan fingerprint density at radius 3 is 2.92 bits per heavy atom. The Balaban J connectivity index is 1.35. The van der Waals surface area contributed by atoms with Crippen LogP contribution >= 0.6 is 0 Å². The van der Waals surface area contributed by atoms with Crippen LogP contribution in [-0.2, 0) is 27.2 Å². The maximum atomic E-state index is 12.4. The number of nitrogens with zero attached hydrogens (tertiary/aromatic N) is 2. The van der Waals surface area contributed by atoms with Crippen LogP contribution in [0, 0.1) is 11.8 Å². The Kier molecular flexibility index (Phi) is 5.70. The molecular weight excluding hydrogens is 330 g/mol. The van der Waals surface area contributed by atoms with Gasteiger partial charge in [0.05, 0.1) is 12.3 Å². The van der Waals surface area contributed by atoms with E-state index in [1.807, 2.05) is 0 Å². The quantitative estimate of drug-likeness (QED) is 0.820. The van der Waals surface area contributed by atoms with Crippen molar-refractivity contribution in [3.63, 3.8) is 0 Å². The van der Waals surface area contributed by atoms with Crippen LogP contribution in [-0.4, -0.2) is 42.1 Å². The van der Waals surface area contributed by atoms with Crippen LogP contribution in [0.25, 0.3) is 0 Å². The summed E-state index contributed by atoms with van der Waals surface area (Å²) in [6.45, 7) is 3.88. The first-order chi connectivity index (χ1) is 12.8. The second kappa shape index (κ2) is 8.35. The summed E-state index contributed by atoms with van der Waals surface area (Å²) >= 11 is 0. The fourth-order valence-corrected chi connectivity index (χ4v) is 4.14. The fraction of sp³-hybridized carbons (Fsp3) is 0.700. The van der Waals surface area contributed by atoms with E-state index in [-0.39, 0.29) is 17.9 Å². The molecule has 4 rings (SSSR count). The van der Waals surface area contributed by atoms with Crippen molar-refractivity contribution in [3.8, 4) is 0 Å². The van der Waals surface area contributed by atoms with E-state index in [0.717, 1.165) is 64.0 Å². The molecule has 0 aromatic carbocycles. The second-order valence-corrected chi connectivity index (χ2v) is 7.65. The normalized spacial score (nSPS) is 26.5. The molecule has 0 saturated carbocycles. The Labute approximate surface area is 154 Å². The molecule has 0 bridgehead atoms. The third-order valence-corrected chi connectivity index (χ3v) is 5.75. The molecule has 2 unspecified atom stereocenters. The molecule has 6 nitrogen and oxygen atoms in total. The van der Waals surface area contributed by atoms with Crippen LogP contribution in [0.5, 0.6) is 0 Å². The van der Waals surface area contributed by atoms with Crippen LogP contribution in [0.2, 0.25) is 0 Å². The zero-order valence-corrected chi connectivity index (χ0v) is 15.4. The van der Waals surface area contributed by atoms with Crippen LogP contribution in [0.4, 0.5) is 0 Å². The number of hydrogen-bond donors (Lipinski definition) is 1. The number of allylic oxidation sites excluding steroid dienone is 2. The number of ether oxygens (including phenoxy) is 2. The molecular formula is C20H29N3O3. The van der Waals surface area contributed by atoms with Crippen LogP contribution in [0.1, 0.15) is 49.5 Å². The van der Waals surface area contributed by atoms with Crippen molar-refractivity contribution in [1.82, 2.24) is 15.1 Å². The minimum Gasteiger partial charge on any atom is -0.381 e. The summed E-state index contributed by atoms with van der Waals surface area (Å²) in [4.78, 5) is 12.4. The number of aromatic nitrogens is 2. The summed E-state index contributed by atoms with van der Waals surface area (Å²) in [5.74, 6) is 0.893. The van der Waals surface area contributed by atoms with Crippen molar-refractivity contribution in [3.05, 3.63) is 29.6 Å². The standard InChI is InChI=1S/C20H29N3O3/c24-20(16-4-2-1-3-5-16)21-12-18-19-17(8-11-26-18)14-23(22-19)13-15-6-9-25-10-7-15/h1-2,14-16,18H,3-13H2,(H,21,24). The molecule has 3 aliphatic rings. The number of carbonyl (C=O) groups excluding carboxylic acids is 1. The van der Waals surface area contributed by atoms with E-state index in [9.17, 15) is 4.79 Å². The van der Waals surface area contributed by atoms with E-state index in [0.29, 0.717) is 19.1 Å². The van der Waals surface area contributed by atoms with E-state index in [1.54, 1.807) is 0 Å². The molecule has 1 saturated heterocycles. The molecule has 2 aliphatic heterocycles. The molecule has 1 fully saturated rings. The summed E-state index contributed by atoms with van der Waals surface area (Å²) in [7, 11) is 0. The predicted octanol–water partition coefficient (Wildman–Crippen LogP) is 2.40. The zero-order chi connectivity index (χ0) is 17.8. The van der Waals surface area contributed by atoms with Gasteiger partial charge < -0.3 is 14.8 Å². The third kappa shape index (κ3) is 4.18. The third-order valence-electron chi connectivity index (χ3n) is 5.75. The summed E-state index contributed by atoms with van der Waals surface area (Å²) in [6.07, 6.45) is 12.2. The number of rotatable bonds is 5. The summed E-state index contributed by atoms with van der Waals surface area (Å²) < 4.78 is 13.4. The lowest BCUT2D eigenvalue weighted by Crippen LogP contribution is -2.36. The molecule has 6 heteroatoms. The van der Waals surface area contributed by atoms with Gasteiger partial charge in [0.2, 0.25) is 5.91 Å². The Bertz CT molecular complexity index is 649. The van der Waals surface area contributed by atoms with Crippen LogP contribution in [0.15, 0.2) is 18.3 Å². The highest BCUT2D eigenvalue weighted by Crippen LogP contribution is 2.27. The Morgan fingerprint density at radius 1 is 1.23 bits per heavy atom. The number of amides is 1. The van der Waals surface area contributed by atoms with Gasteiger partial charge in [-0.1, -0.05) is 12.2 Å². The molecule has 1 aromatic rings. The molecule has 1 amide bonds. The topological polar surface area (TPSA) is 65.4 Å². The summed E-state index contributed by atoms with van der Waals surface area (Å²) in [5.41, 5.74) is 2.27. The van der Waals surface area contributed by atoms with Crippen molar-refractivity contribution in [2.45, 2.75) is 51.2 Å². The largest absolute Gasteiger partial charge is 0.381 e. The van der Waals surface area contributed by atoms with Gasteiger partial charge in [-0.3, -0.25) is 9.48 Å². The first kappa shape index (κ1) is 17.7. The van der Waals surface area contributed by atoms with Crippen molar-refractivity contribution < 1.29 is 14.3 Å². The van der Waals surface area contributed by atoms with Crippen molar-refractivity contribution in [1.29, 1.82) is 0 Å².